The van der Waals surface area contributed by atoms with Gasteiger partial charge in [0.1, 0.15) is 6.04 Å². The normalized spacial score (nSPS) is 13.5. The molecule has 1 atom stereocenters. The Balaban J connectivity index is 4.21. The molecule has 5 nitrogen and oxygen atoms in total. The molecule has 0 spiro atoms. The van der Waals surface area contributed by atoms with E-state index < -0.39 is 12.0 Å². The van der Waals surface area contributed by atoms with E-state index >= 15 is 0 Å². The monoisotopic (exact) mass is 273 g/mol. The van der Waals surface area contributed by atoms with E-state index in [2.05, 4.69) is 36.1 Å². The Hall–Kier alpha value is -0.650. The van der Waals surface area contributed by atoms with Crippen LogP contribution in [0.15, 0.2) is 0 Å². The molecule has 0 saturated heterocycles. The Morgan fingerprint density at radius 3 is 2.21 bits per heavy atom. The number of carboxylic acids is 1. The van der Waals surface area contributed by atoms with Gasteiger partial charge in [-0.15, -0.1) is 0 Å². The molecule has 5 heteroatoms. The largest absolute Gasteiger partial charge is 0.480 e. The Kier molecular flexibility index (Phi) is 9.83. The molecule has 114 valence electrons. The maximum Gasteiger partial charge on any atom is 0.320 e. The molecule has 0 amide bonds. The van der Waals surface area contributed by atoms with Gasteiger partial charge in [0, 0.05) is 25.7 Å². The fourth-order valence-electron chi connectivity index (χ4n) is 1.99. The van der Waals surface area contributed by atoms with Crippen molar-refractivity contribution in [3.8, 4) is 0 Å². The molecule has 2 N–H and O–H groups in total. The van der Waals surface area contributed by atoms with Crippen LogP contribution in [0.4, 0.5) is 0 Å². The van der Waals surface area contributed by atoms with Crippen molar-refractivity contribution in [2.45, 2.75) is 45.7 Å². The van der Waals surface area contributed by atoms with Crippen molar-refractivity contribution in [3.05, 3.63) is 0 Å². The van der Waals surface area contributed by atoms with Crippen molar-refractivity contribution < 1.29 is 9.90 Å². The van der Waals surface area contributed by atoms with Crippen LogP contribution in [0.1, 0.15) is 33.6 Å². The third kappa shape index (κ3) is 9.87. The zero-order valence-corrected chi connectivity index (χ0v) is 13.1. The minimum Gasteiger partial charge on any atom is -0.480 e. The van der Waals surface area contributed by atoms with Crippen molar-refractivity contribution in [3.63, 3.8) is 0 Å². The van der Waals surface area contributed by atoms with Crippen LogP contribution in [0.25, 0.3) is 0 Å². The van der Waals surface area contributed by atoms with Crippen LogP contribution >= 0.6 is 0 Å². The molecule has 0 aliphatic heterocycles. The summed E-state index contributed by atoms with van der Waals surface area (Å²) in [6.45, 7) is 9.98. The Morgan fingerprint density at radius 2 is 1.79 bits per heavy atom. The van der Waals surface area contributed by atoms with Crippen molar-refractivity contribution in [2.24, 2.45) is 0 Å². The van der Waals surface area contributed by atoms with Gasteiger partial charge in [-0.2, -0.15) is 0 Å². The molecule has 0 aliphatic rings. The second-order valence-corrected chi connectivity index (χ2v) is 5.65. The average molecular weight is 273 g/mol. The van der Waals surface area contributed by atoms with Crippen LogP contribution in [0.3, 0.4) is 0 Å². The van der Waals surface area contributed by atoms with Gasteiger partial charge in [-0.3, -0.25) is 4.79 Å². The summed E-state index contributed by atoms with van der Waals surface area (Å²) in [5.41, 5.74) is 0. The van der Waals surface area contributed by atoms with E-state index in [-0.39, 0.29) is 6.04 Å². The minimum absolute atomic E-state index is 0.197. The van der Waals surface area contributed by atoms with Crippen LogP contribution in [-0.4, -0.2) is 73.2 Å². The molecular weight excluding hydrogens is 242 g/mol. The highest BCUT2D eigenvalue weighted by atomic mass is 16.4. The van der Waals surface area contributed by atoms with E-state index in [1.165, 1.54) is 0 Å². The molecule has 0 aromatic carbocycles. The number of nitrogens with zero attached hydrogens (tertiary/aromatic N) is 2. The first-order valence-electron chi connectivity index (χ1n) is 7.22. The SMILES string of the molecule is CCCN(CCC(NC(C)C)C(=O)O)CCN(C)C. The molecular formula is C14H31N3O2. The van der Waals surface area contributed by atoms with Gasteiger partial charge in [0.15, 0.2) is 0 Å². The maximum atomic E-state index is 11.2. The summed E-state index contributed by atoms with van der Waals surface area (Å²) in [5.74, 6) is -0.752. The molecule has 0 saturated carbocycles. The molecule has 0 rings (SSSR count). The number of carboxylic acid groups (broad SMARTS) is 1. The van der Waals surface area contributed by atoms with E-state index in [9.17, 15) is 9.90 Å². The molecule has 1 unspecified atom stereocenters. The van der Waals surface area contributed by atoms with Gasteiger partial charge < -0.3 is 20.2 Å². The topological polar surface area (TPSA) is 55.8 Å². The number of nitrogens with one attached hydrogen (secondary N) is 1. The fourth-order valence-corrected chi connectivity index (χ4v) is 1.99. The average Bonchev–Trinajstić information content (AvgIpc) is 2.29. The minimum atomic E-state index is -0.752. The highest BCUT2D eigenvalue weighted by molar-refractivity contribution is 5.73. The Morgan fingerprint density at radius 1 is 1.16 bits per heavy atom. The fraction of sp³-hybridized carbons (Fsp3) is 0.929. The standard InChI is InChI=1S/C14H31N3O2/c1-6-8-17(11-10-16(4)5)9-7-13(14(18)19)15-12(2)3/h12-13,15H,6-11H2,1-5H3,(H,18,19). The summed E-state index contributed by atoms with van der Waals surface area (Å²) in [4.78, 5) is 15.7. The lowest BCUT2D eigenvalue weighted by Gasteiger charge is -2.25. The summed E-state index contributed by atoms with van der Waals surface area (Å²) in [6.07, 6.45) is 1.75. The number of hydrogen-bond acceptors (Lipinski definition) is 4. The van der Waals surface area contributed by atoms with Crippen molar-refractivity contribution >= 4 is 5.97 Å². The number of carbonyl (C=O) groups is 1. The van der Waals surface area contributed by atoms with Gasteiger partial charge >= 0.3 is 5.97 Å². The van der Waals surface area contributed by atoms with Crippen LogP contribution < -0.4 is 5.32 Å². The first kappa shape index (κ1) is 18.4. The molecule has 0 aromatic rings. The Bertz CT molecular complexity index is 245. The van der Waals surface area contributed by atoms with Gasteiger partial charge in [0.05, 0.1) is 0 Å². The van der Waals surface area contributed by atoms with Gasteiger partial charge in [0.2, 0.25) is 0 Å². The number of rotatable bonds is 11. The van der Waals surface area contributed by atoms with Crippen LogP contribution in [0.2, 0.25) is 0 Å². The van der Waals surface area contributed by atoms with Gasteiger partial charge in [-0.05, 0) is 33.5 Å². The number of aliphatic carboxylic acids is 1. The zero-order valence-electron chi connectivity index (χ0n) is 13.1. The third-order valence-corrected chi connectivity index (χ3v) is 2.97. The first-order valence-corrected chi connectivity index (χ1v) is 7.22. The smallest absolute Gasteiger partial charge is 0.320 e. The van der Waals surface area contributed by atoms with Crippen LogP contribution in [-0.2, 0) is 4.79 Å². The van der Waals surface area contributed by atoms with Crippen LogP contribution in [0, 0.1) is 0 Å². The highest BCUT2D eigenvalue weighted by Gasteiger charge is 2.18. The number of likely N-dealkylation sites (N-methyl/N-ethyl adjacent to an activating group) is 1. The second-order valence-electron chi connectivity index (χ2n) is 5.65. The summed E-state index contributed by atoms with van der Waals surface area (Å²) in [6, 6.07) is -0.249. The van der Waals surface area contributed by atoms with Crippen molar-refractivity contribution in [1.82, 2.24) is 15.1 Å². The van der Waals surface area contributed by atoms with Gasteiger partial charge in [-0.1, -0.05) is 20.8 Å². The Labute approximate surface area is 118 Å². The van der Waals surface area contributed by atoms with E-state index in [1.807, 2.05) is 13.8 Å². The van der Waals surface area contributed by atoms with Crippen molar-refractivity contribution in [2.75, 3.05) is 40.3 Å². The zero-order chi connectivity index (χ0) is 14.8. The molecule has 0 bridgehead atoms. The molecule has 0 heterocycles. The molecule has 0 aliphatic carbocycles. The predicted molar refractivity (Wildman–Crippen MR) is 79.6 cm³/mol. The lowest BCUT2D eigenvalue weighted by atomic mass is 10.1. The quantitative estimate of drug-likeness (QED) is 0.590. The van der Waals surface area contributed by atoms with E-state index in [1.54, 1.807) is 0 Å². The summed E-state index contributed by atoms with van der Waals surface area (Å²) < 4.78 is 0. The van der Waals surface area contributed by atoms with Gasteiger partial charge in [-0.25, -0.2) is 0 Å². The highest BCUT2D eigenvalue weighted by Crippen LogP contribution is 2.00. The maximum absolute atomic E-state index is 11.2. The molecule has 0 aromatic heterocycles. The predicted octanol–water partition coefficient (Wildman–Crippen LogP) is 1.10. The van der Waals surface area contributed by atoms with E-state index in [0.29, 0.717) is 6.42 Å². The first-order chi connectivity index (χ1) is 8.86. The second kappa shape index (κ2) is 10.2. The summed E-state index contributed by atoms with van der Waals surface area (Å²) in [5, 5.41) is 12.3. The molecule has 0 radical (unpaired) electrons. The number of hydrogen-bond donors (Lipinski definition) is 2. The van der Waals surface area contributed by atoms with E-state index in [4.69, 9.17) is 0 Å². The van der Waals surface area contributed by atoms with E-state index in [0.717, 1.165) is 32.6 Å². The van der Waals surface area contributed by atoms with Crippen molar-refractivity contribution in [1.29, 1.82) is 0 Å². The lowest BCUT2D eigenvalue weighted by molar-refractivity contribution is -0.140. The third-order valence-electron chi connectivity index (χ3n) is 2.97. The molecule has 0 fully saturated rings. The summed E-state index contributed by atoms with van der Waals surface area (Å²) in [7, 11) is 4.12. The lowest BCUT2D eigenvalue weighted by Crippen LogP contribution is -2.44. The summed E-state index contributed by atoms with van der Waals surface area (Å²) >= 11 is 0. The van der Waals surface area contributed by atoms with Crippen LogP contribution in [0.5, 0.6) is 0 Å². The van der Waals surface area contributed by atoms with Gasteiger partial charge in [0.25, 0.3) is 0 Å². The molecule has 19 heavy (non-hydrogen) atoms.